The maximum absolute atomic E-state index is 12.6. The normalized spacial score (nSPS) is 12.0. The summed E-state index contributed by atoms with van der Waals surface area (Å²) < 4.78 is 38.5. The highest BCUT2D eigenvalue weighted by Gasteiger charge is 2.40. The van der Waals surface area contributed by atoms with Crippen molar-refractivity contribution >= 4 is 23.2 Å². The summed E-state index contributed by atoms with van der Waals surface area (Å²) in [4.78, 5) is 14.1. The molecule has 2 aromatic rings. The Morgan fingerprint density at radius 3 is 2.59 bits per heavy atom. The van der Waals surface area contributed by atoms with Crippen LogP contribution in [0.5, 0.6) is 0 Å². The number of nitrogens with zero attached hydrogens (tertiary/aromatic N) is 2. The van der Waals surface area contributed by atoms with Crippen LogP contribution in [0.25, 0.3) is 5.65 Å². The number of halogens is 4. The largest absolute Gasteiger partial charge is 0.476 e. The Bertz CT molecular complexity index is 606. The Morgan fingerprint density at radius 1 is 1.41 bits per heavy atom. The van der Waals surface area contributed by atoms with Gasteiger partial charge in [-0.15, -0.1) is 0 Å². The number of alkyl halides is 3. The van der Waals surface area contributed by atoms with Crippen LogP contribution in [0.3, 0.4) is 0 Å². The van der Waals surface area contributed by atoms with Crippen molar-refractivity contribution in [3.8, 4) is 0 Å². The number of carboxylic acids is 1. The maximum atomic E-state index is 12.6. The fourth-order valence-electron chi connectivity index (χ4n) is 1.42. The Balaban J connectivity index is 2.86. The minimum Gasteiger partial charge on any atom is -0.476 e. The van der Waals surface area contributed by atoms with Crippen molar-refractivity contribution in [3.63, 3.8) is 0 Å². The van der Waals surface area contributed by atoms with Crippen LogP contribution in [0.4, 0.5) is 13.2 Å². The number of hydrogen-bond acceptors (Lipinski definition) is 2. The minimum atomic E-state index is -4.83. The van der Waals surface area contributed by atoms with Crippen molar-refractivity contribution in [2.45, 2.75) is 6.18 Å². The van der Waals surface area contributed by atoms with Crippen LogP contribution in [-0.2, 0) is 6.18 Å². The van der Waals surface area contributed by atoms with E-state index >= 15 is 0 Å². The van der Waals surface area contributed by atoms with Crippen LogP contribution in [0.2, 0.25) is 5.02 Å². The van der Waals surface area contributed by atoms with Crippen molar-refractivity contribution in [3.05, 3.63) is 34.7 Å². The number of pyridine rings is 1. The van der Waals surface area contributed by atoms with E-state index in [1.54, 1.807) is 0 Å². The summed E-state index contributed by atoms with van der Waals surface area (Å²) in [5, 5.41) is 8.92. The molecule has 17 heavy (non-hydrogen) atoms. The topological polar surface area (TPSA) is 54.6 Å². The van der Waals surface area contributed by atoms with E-state index in [1.165, 1.54) is 12.1 Å². The molecule has 0 spiro atoms. The summed E-state index contributed by atoms with van der Waals surface area (Å²) >= 11 is 5.60. The third kappa shape index (κ3) is 1.93. The van der Waals surface area contributed by atoms with Gasteiger partial charge in [-0.05, 0) is 12.1 Å². The molecular formula is C9H4ClF3N2O2. The molecule has 0 fully saturated rings. The van der Waals surface area contributed by atoms with Gasteiger partial charge in [0.15, 0.2) is 11.4 Å². The smallest absolute Gasteiger partial charge is 0.435 e. The zero-order chi connectivity index (χ0) is 12.8. The molecule has 4 nitrogen and oxygen atoms in total. The number of fused-ring (bicyclic) bond motifs is 1. The Morgan fingerprint density at radius 2 is 2.06 bits per heavy atom. The molecule has 90 valence electrons. The molecule has 0 saturated heterocycles. The van der Waals surface area contributed by atoms with Gasteiger partial charge in [0, 0.05) is 6.20 Å². The van der Waals surface area contributed by atoms with Gasteiger partial charge < -0.3 is 5.11 Å². The number of rotatable bonds is 1. The molecule has 0 unspecified atom stereocenters. The highest BCUT2D eigenvalue weighted by atomic mass is 35.5. The second-order valence-electron chi connectivity index (χ2n) is 3.19. The molecule has 0 aromatic carbocycles. The summed E-state index contributed by atoms with van der Waals surface area (Å²) in [5.41, 5.74) is -2.51. The molecule has 2 aromatic heterocycles. The molecule has 0 bridgehead atoms. The van der Waals surface area contributed by atoms with Gasteiger partial charge in [0.05, 0.1) is 5.02 Å². The lowest BCUT2D eigenvalue weighted by atomic mass is 10.3. The van der Waals surface area contributed by atoms with E-state index in [2.05, 4.69) is 4.98 Å². The van der Waals surface area contributed by atoms with Crippen LogP contribution in [-0.4, -0.2) is 20.5 Å². The quantitative estimate of drug-likeness (QED) is 0.861. The maximum Gasteiger partial charge on any atom is 0.435 e. The second-order valence-corrected chi connectivity index (χ2v) is 3.62. The van der Waals surface area contributed by atoms with Crippen molar-refractivity contribution in [2.24, 2.45) is 0 Å². The molecule has 8 heteroatoms. The van der Waals surface area contributed by atoms with Gasteiger partial charge in [-0.25, -0.2) is 9.78 Å². The molecule has 0 aliphatic heterocycles. The van der Waals surface area contributed by atoms with Gasteiger partial charge in [-0.1, -0.05) is 11.6 Å². The van der Waals surface area contributed by atoms with Crippen LogP contribution in [0.15, 0.2) is 18.3 Å². The molecule has 0 radical (unpaired) electrons. The van der Waals surface area contributed by atoms with Gasteiger partial charge in [0.2, 0.25) is 0 Å². The zero-order valence-corrected chi connectivity index (χ0v) is 8.75. The summed E-state index contributed by atoms with van der Waals surface area (Å²) in [6.07, 6.45) is -3.76. The molecule has 0 atom stereocenters. The second kappa shape index (κ2) is 3.63. The van der Waals surface area contributed by atoms with Gasteiger partial charge in [-0.2, -0.15) is 13.2 Å². The SMILES string of the molecule is O=C(O)c1c(C(F)(F)F)nc2ccc(Cl)cn12. The van der Waals surface area contributed by atoms with Crippen molar-refractivity contribution in [1.29, 1.82) is 0 Å². The fourth-order valence-corrected chi connectivity index (χ4v) is 1.58. The predicted molar refractivity (Wildman–Crippen MR) is 52.2 cm³/mol. The Kier molecular flexibility index (Phi) is 2.50. The van der Waals surface area contributed by atoms with Gasteiger partial charge in [0.25, 0.3) is 0 Å². The number of carboxylic acid groups (broad SMARTS) is 1. The first kappa shape index (κ1) is 11.7. The van der Waals surface area contributed by atoms with E-state index in [0.717, 1.165) is 10.6 Å². The molecule has 0 amide bonds. The number of carbonyl (C=O) groups is 1. The first-order valence-corrected chi connectivity index (χ1v) is 4.66. The molecule has 1 N–H and O–H groups in total. The summed E-state index contributed by atoms with van der Waals surface area (Å²) in [6.45, 7) is 0. The number of aromatic nitrogens is 2. The average Bonchev–Trinajstić information content (AvgIpc) is 2.55. The average molecular weight is 265 g/mol. The third-order valence-corrected chi connectivity index (χ3v) is 2.28. The molecule has 2 rings (SSSR count). The van der Waals surface area contributed by atoms with E-state index in [-0.39, 0.29) is 10.7 Å². The van der Waals surface area contributed by atoms with Crippen molar-refractivity contribution in [1.82, 2.24) is 9.38 Å². The van der Waals surface area contributed by atoms with E-state index in [9.17, 15) is 18.0 Å². The standard InChI is InChI=1S/C9H4ClF3N2O2/c10-4-1-2-5-14-7(9(11,12)13)6(8(16)17)15(5)3-4/h1-3H,(H,16,17). The van der Waals surface area contributed by atoms with Crippen LogP contribution in [0.1, 0.15) is 16.2 Å². The monoisotopic (exact) mass is 264 g/mol. The van der Waals surface area contributed by atoms with E-state index in [0.29, 0.717) is 0 Å². The van der Waals surface area contributed by atoms with Gasteiger partial charge in [-0.3, -0.25) is 4.40 Å². The lowest BCUT2D eigenvalue weighted by Crippen LogP contribution is -2.13. The minimum absolute atomic E-state index is 0.117. The highest BCUT2D eigenvalue weighted by molar-refractivity contribution is 6.30. The summed E-state index contributed by atoms with van der Waals surface area (Å²) in [6, 6.07) is 2.54. The van der Waals surface area contributed by atoms with Crippen LogP contribution in [0, 0.1) is 0 Å². The van der Waals surface area contributed by atoms with Crippen molar-refractivity contribution < 1.29 is 23.1 Å². The molecule has 0 saturated carbocycles. The zero-order valence-electron chi connectivity index (χ0n) is 7.99. The molecule has 2 heterocycles. The van der Waals surface area contributed by atoms with E-state index in [1.807, 2.05) is 0 Å². The lowest BCUT2D eigenvalue weighted by molar-refractivity contribution is -0.141. The fraction of sp³-hybridized carbons (Fsp3) is 0.111. The third-order valence-electron chi connectivity index (χ3n) is 2.05. The Labute approximate surface area is 97.3 Å². The first-order valence-electron chi connectivity index (χ1n) is 4.29. The van der Waals surface area contributed by atoms with Gasteiger partial charge >= 0.3 is 12.1 Å². The van der Waals surface area contributed by atoms with Gasteiger partial charge in [0.1, 0.15) is 5.65 Å². The number of imidazole rings is 1. The number of hydrogen-bond donors (Lipinski definition) is 1. The van der Waals surface area contributed by atoms with E-state index < -0.39 is 23.5 Å². The lowest BCUT2D eigenvalue weighted by Gasteiger charge is -2.03. The summed E-state index contributed by atoms with van der Waals surface area (Å²) in [5.74, 6) is -1.72. The molecule has 0 aliphatic rings. The van der Waals surface area contributed by atoms with Crippen molar-refractivity contribution in [2.75, 3.05) is 0 Å². The van der Waals surface area contributed by atoms with E-state index in [4.69, 9.17) is 16.7 Å². The predicted octanol–water partition coefficient (Wildman–Crippen LogP) is 2.70. The highest BCUT2D eigenvalue weighted by Crippen LogP contribution is 2.32. The Hall–Kier alpha value is -1.76. The molecule has 0 aliphatic carbocycles. The van der Waals surface area contributed by atoms with Crippen LogP contribution < -0.4 is 0 Å². The number of aromatic carboxylic acids is 1. The van der Waals surface area contributed by atoms with Crippen LogP contribution >= 0.6 is 11.6 Å². The summed E-state index contributed by atoms with van der Waals surface area (Å²) in [7, 11) is 0. The molecular weight excluding hydrogens is 261 g/mol. The first-order chi connectivity index (χ1) is 7.80.